The largest absolute Gasteiger partial charge is 0.419 e. The highest BCUT2D eigenvalue weighted by atomic mass is 31.0. The second-order valence-electron chi connectivity index (χ2n) is 4.25. The van der Waals surface area contributed by atoms with E-state index in [0.717, 1.165) is 6.20 Å². The minimum atomic E-state index is -4.70. The van der Waals surface area contributed by atoms with Crippen LogP contribution in [0.4, 0.5) is 18.9 Å². The number of hydrogen-bond acceptors (Lipinski definition) is 4. The van der Waals surface area contributed by atoms with Gasteiger partial charge in [0.25, 0.3) is 0 Å². The number of rotatable bonds is 5. The average Bonchev–Trinajstić information content (AvgIpc) is 2.43. The fourth-order valence-electron chi connectivity index (χ4n) is 1.60. The minimum absolute atomic E-state index is 0.0927. The van der Waals surface area contributed by atoms with Crippen LogP contribution in [-0.4, -0.2) is 16.9 Å². The molecule has 2 atom stereocenters. The molecule has 0 fully saturated rings. The molecule has 2 N–H and O–H groups in total. The number of hydrogen-bond donors (Lipinski definition) is 2. The number of nitrogens with zero attached hydrogens (tertiary/aromatic N) is 2. The number of halogens is 3. The Balaban J connectivity index is 2.91. The normalized spacial score (nSPS) is 12.6. The maximum Gasteiger partial charge on any atom is 0.419 e. The number of carbonyl (C=O) groups excluding carboxylic acids is 1. The van der Waals surface area contributed by atoms with E-state index < -0.39 is 23.3 Å². The molecule has 0 aliphatic carbocycles. The van der Waals surface area contributed by atoms with Crippen LogP contribution in [0.15, 0.2) is 12.3 Å². The van der Waals surface area contributed by atoms with Crippen LogP contribution in [0.25, 0.3) is 0 Å². The van der Waals surface area contributed by atoms with Crippen LogP contribution >= 0.6 is 9.39 Å². The molecule has 0 aromatic carbocycles. The molecule has 0 radical (unpaired) electrons. The lowest BCUT2D eigenvalue weighted by Crippen LogP contribution is -2.26. The lowest BCUT2D eigenvalue weighted by atomic mass is 10.1. The topological polar surface area (TPSA) is 77.8 Å². The van der Waals surface area contributed by atoms with Gasteiger partial charge < -0.3 is 5.32 Å². The van der Waals surface area contributed by atoms with Gasteiger partial charge in [0, 0.05) is 12.5 Å². The number of pyridine rings is 1. The molecule has 0 spiro atoms. The van der Waals surface area contributed by atoms with Gasteiger partial charge in [0.15, 0.2) is 5.69 Å². The zero-order chi connectivity index (χ0) is 16.0. The fourth-order valence-corrected chi connectivity index (χ4v) is 1.95. The summed E-state index contributed by atoms with van der Waals surface area (Å²) < 4.78 is 38.3. The highest BCUT2D eigenvalue weighted by molar-refractivity contribution is 7.13. The summed E-state index contributed by atoms with van der Waals surface area (Å²) >= 11 is 0. The van der Waals surface area contributed by atoms with Crippen molar-refractivity contribution in [3.63, 3.8) is 0 Å². The van der Waals surface area contributed by atoms with Gasteiger partial charge >= 0.3 is 6.18 Å². The SMILES string of the molecule is CCC(CC(=O)Nc1cnc(C#N)c(C(F)(F)F)c1)NP. The summed E-state index contributed by atoms with van der Waals surface area (Å²) in [5.41, 5.74) is -1.98. The number of amides is 1. The van der Waals surface area contributed by atoms with Crippen LogP contribution in [0.3, 0.4) is 0 Å². The van der Waals surface area contributed by atoms with Crippen molar-refractivity contribution in [1.29, 1.82) is 5.26 Å². The molecular formula is C12H14F3N4OP. The van der Waals surface area contributed by atoms with E-state index in [4.69, 9.17) is 5.26 Å². The number of nitrogens with one attached hydrogen (secondary N) is 2. The van der Waals surface area contributed by atoms with Gasteiger partial charge in [-0.1, -0.05) is 16.3 Å². The molecule has 0 saturated carbocycles. The van der Waals surface area contributed by atoms with Gasteiger partial charge in [0.05, 0.1) is 17.4 Å². The molecular weight excluding hydrogens is 304 g/mol. The Hall–Kier alpha value is -1.71. The van der Waals surface area contributed by atoms with Gasteiger partial charge in [-0.3, -0.25) is 9.88 Å². The Bertz CT molecular complexity index is 552. The molecule has 0 aliphatic heterocycles. The second-order valence-corrected chi connectivity index (χ2v) is 4.59. The summed E-state index contributed by atoms with van der Waals surface area (Å²) in [6, 6.07) is 1.99. The highest BCUT2D eigenvalue weighted by Crippen LogP contribution is 2.32. The Morgan fingerprint density at radius 3 is 2.71 bits per heavy atom. The first-order valence-corrected chi connectivity index (χ1v) is 6.62. The molecule has 5 nitrogen and oxygen atoms in total. The third kappa shape index (κ3) is 4.96. The predicted octanol–water partition coefficient (Wildman–Crippen LogP) is 2.46. The van der Waals surface area contributed by atoms with E-state index in [-0.39, 0.29) is 18.2 Å². The summed E-state index contributed by atoms with van der Waals surface area (Å²) in [6.07, 6.45) is -2.87. The van der Waals surface area contributed by atoms with E-state index in [1.54, 1.807) is 0 Å². The maximum atomic E-state index is 12.8. The van der Waals surface area contributed by atoms with Crippen LogP contribution in [-0.2, 0) is 11.0 Å². The van der Waals surface area contributed by atoms with Crippen LogP contribution in [0.1, 0.15) is 31.0 Å². The maximum absolute atomic E-state index is 12.8. The van der Waals surface area contributed by atoms with E-state index in [0.29, 0.717) is 12.5 Å². The van der Waals surface area contributed by atoms with Crippen molar-refractivity contribution in [2.75, 3.05) is 5.32 Å². The minimum Gasteiger partial charge on any atom is -0.325 e. The smallest absolute Gasteiger partial charge is 0.325 e. The molecule has 1 heterocycles. The Morgan fingerprint density at radius 2 is 2.24 bits per heavy atom. The molecule has 0 aliphatic rings. The van der Waals surface area contributed by atoms with Crippen molar-refractivity contribution in [3.05, 3.63) is 23.5 Å². The van der Waals surface area contributed by atoms with Crippen molar-refractivity contribution >= 4 is 21.0 Å². The van der Waals surface area contributed by atoms with E-state index in [1.807, 2.05) is 6.92 Å². The Kier molecular flexibility index (Phi) is 6.06. The number of alkyl halides is 3. The van der Waals surface area contributed by atoms with E-state index in [9.17, 15) is 18.0 Å². The predicted molar refractivity (Wildman–Crippen MR) is 74.1 cm³/mol. The van der Waals surface area contributed by atoms with E-state index in [2.05, 4.69) is 24.8 Å². The van der Waals surface area contributed by atoms with Crippen LogP contribution in [0, 0.1) is 11.3 Å². The number of anilines is 1. The average molecular weight is 318 g/mol. The van der Waals surface area contributed by atoms with Crippen molar-refractivity contribution in [2.45, 2.75) is 32.0 Å². The zero-order valence-corrected chi connectivity index (χ0v) is 12.3. The lowest BCUT2D eigenvalue weighted by molar-refractivity contribution is -0.138. The van der Waals surface area contributed by atoms with Gasteiger partial charge in [0.2, 0.25) is 5.91 Å². The molecule has 1 rings (SSSR count). The molecule has 9 heteroatoms. The third-order valence-electron chi connectivity index (χ3n) is 2.74. The standard InChI is InChI=1S/C12H14F3N4OP/c1-2-7(19-21)4-11(20)18-8-3-9(12(13,14)15)10(5-16)17-6-8/h3,6-7,19H,2,4,21H2,1H3,(H,18,20). The van der Waals surface area contributed by atoms with Gasteiger partial charge in [-0.2, -0.15) is 18.4 Å². The van der Waals surface area contributed by atoms with Gasteiger partial charge in [-0.25, -0.2) is 4.98 Å². The van der Waals surface area contributed by atoms with Crippen molar-refractivity contribution < 1.29 is 18.0 Å². The Labute approximate surface area is 122 Å². The molecule has 21 heavy (non-hydrogen) atoms. The van der Waals surface area contributed by atoms with Gasteiger partial charge in [-0.05, 0) is 12.5 Å². The first-order valence-electron chi connectivity index (χ1n) is 6.05. The molecule has 1 aromatic rings. The quantitative estimate of drug-likeness (QED) is 0.818. The zero-order valence-electron chi connectivity index (χ0n) is 11.2. The molecule has 0 bridgehead atoms. The number of carbonyl (C=O) groups is 1. The van der Waals surface area contributed by atoms with E-state index >= 15 is 0 Å². The fraction of sp³-hybridized carbons (Fsp3) is 0.417. The van der Waals surface area contributed by atoms with Gasteiger partial charge in [-0.15, -0.1) is 0 Å². The van der Waals surface area contributed by atoms with Crippen LogP contribution in [0.5, 0.6) is 0 Å². The van der Waals surface area contributed by atoms with Crippen molar-refractivity contribution in [1.82, 2.24) is 10.1 Å². The second kappa shape index (κ2) is 7.34. The van der Waals surface area contributed by atoms with Crippen molar-refractivity contribution in [2.24, 2.45) is 0 Å². The van der Waals surface area contributed by atoms with E-state index in [1.165, 1.54) is 6.07 Å². The highest BCUT2D eigenvalue weighted by Gasteiger charge is 2.34. The van der Waals surface area contributed by atoms with Crippen LogP contribution in [0.2, 0.25) is 0 Å². The summed E-state index contributed by atoms with van der Waals surface area (Å²) in [6.45, 7) is 1.88. The number of aromatic nitrogens is 1. The molecule has 0 saturated heterocycles. The first kappa shape index (κ1) is 17.3. The van der Waals surface area contributed by atoms with Gasteiger partial charge in [0.1, 0.15) is 6.07 Å². The molecule has 2 unspecified atom stereocenters. The molecule has 114 valence electrons. The van der Waals surface area contributed by atoms with Crippen molar-refractivity contribution in [3.8, 4) is 6.07 Å². The van der Waals surface area contributed by atoms with Crippen LogP contribution < -0.4 is 10.4 Å². The number of nitriles is 1. The summed E-state index contributed by atoms with van der Waals surface area (Å²) in [5, 5.41) is 13.8. The Morgan fingerprint density at radius 1 is 1.57 bits per heavy atom. The first-order chi connectivity index (χ1) is 9.81. The molecule has 1 amide bonds. The third-order valence-corrected chi connectivity index (χ3v) is 3.21. The monoisotopic (exact) mass is 318 g/mol. The summed E-state index contributed by atoms with van der Waals surface area (Å²) in [4.78, 5) is 15.1. The molecule has 1 aromatic heterocycles. The lowest BCUT2D eigenvalue weighted by Gasteiger charge is -2.14. The summed E-state index contributed by atoms with van der Waals surface area (Å²) in [7, 11) is 2.29. The summed E-state index contributed by atoms with van der Waals surface area (Å²) in [5.74, 6) is -0.434.